The Morgan fingerprint density at radius 3 is 0.104 bits per heavy atom. The van der Waals surface area contributed by atoms with Gasteiger partial charge in [0, 0.05) is 425 Å². The number of halogens is 5. The van der Waals surface area contributed by atoms with E-state index < -0.39 is 0 Å². The average Bonchev–Trinajstić information content (AvgIpc) is 2.20. The Bertz CT molecular complexity index is 65.7. The van der Waals surface area contributed by atoms with Gasteiger partial charge in [0.05, 0.1) is 0 Å². The van der Waals surface area contributed by atoms with Gasteiger partial charge in [-0.15, -0.1) is 0 Å². The molecule has 0 saturated heterocycles. The van der Waals surface area contributed by atoms with Crippen molar-refractivity contribution in [3.8, 4) is 0 Å². The Balaban J connectivity index is -0.000000000133. The number of rotatable bonds is 0. The first-order valence-corrected chi connectivity index (χ1v) is 10.1. The van der Waals surface area contributed by atoms with E-state index in [2.05, 4.69) is 146 Å². The van der Waals surface area contributed by atoms with Crippen molar-refractivity contribution in [2.45, 2.75) is 0 Å². The zero-order valence-corrected chi connectivity index (χ0v) is 88.8. The van der Waals surface area contributed by atoms with Gasteiger partial charge in [-0.1, -0.05) is 0 Å². The molecule has 48 heavy (non-hydrogen) atoms. The zero-order chi connectivity index (χ0) is 10.0. The molecule has 0 bridgehead atoms. The number of hydrogen-bond donors (Lipinski definition) is 0. The summed E-state index contributed by atoms with van der Waals surface area (Å²) < 4.78 is 0. The van der Waals surface area contributed by atoms with E-state index in [1.807, 2.05) is 0 Å². The SMILES string of the molecule is P.P.P.P.P.P.P.P.P.P.P.P.P.P.P.P.P.P.P.[Ag].[Ag].[Ag].[Ag].[Ag].[Ag].[Ag].[Ag].[Ag].[Ag].[Ag].[Ag].[Ag].[Ag].[Ag].[Ag].[Ag].[Ag].[Ag].[Cl][Ag].[Cl][Ag].[Cl][Ag].[Cl][Ag].[Cl][Ag]. The van der Waals surface area contributed by atoms with Gasteiger partial charge < -0.3 is 0 Å². The minimum atomic E-state index is 0. The number of hydrogen-bond acceptors (Lipinski definition) is 0. The summed E-state index contributed by atoms with van der Waals surface area (Å²) in [5.74, 6) is 0. The summed E-state index contributed by atoms with van der Waals surface area (Å²) in [5, 5.41) is 0. The Morgan fingerprint density at radius 2 is 0.104 bits per heavy atom. The van der Waals surface area contributed by atoms with Gasteiger partial charge in [-0.2, -0.15) is 188 Å². The summed E-state index contributed by atoms with van der Waals surface area (Å²) in [5.41, 5.74) is 0. The first-order chi connectivity index (χ1) is 5.00. The monoisotopic (exact) mass is 3390 g/mol. The normalized spacial score (nSPS) is 0.729. The zero-order valence-electron chi connectivity index (χ0n) is 22.6. The van der Waals surface area contributed by atoms with Gasteiger partial charge in [0.2, 0.25) is 0 Å². The van der Waals surface area contributed by atoms with Crippen molar-refractivity contribution >= 4 is 234 Å². The second kappa shape index (κ2) is 534. The molecule has 0 fully saturated rings. The molecule has 19 unspecified atom stereocenters. The van der Waals surface area contributed by atoms with E-state index in [0.29, 0.717) is 0 Å². The van der Waals surface area contributed by atoms with Gasteiger partial charge in [-0.05, 0) is 0 Å². The van der Waals surface area contributed by atoms with Crippen LogP contribution in [0, 0.1) is 0 Å². The fourth-order valence-electron chi connectivity index (χ4n) is 0. The van der Waals surface area contributed by atoms with Gasteiger partial charge >= 0.3 is 146 Å². The Kier molecular flexibility index (Phi) is 4430. The molecule has 0 nitrogen and oxygen atoms in total. The van der Waals surface area contributed by atoms with Crippen LogP contribution in [0.4, 0.5) is 0 Å². The summed E-state index contributed by atoms with van der Waals surface area (Å²) >= 11 is 12.1. The summed E-state index contributed by atoms with van der Waals surface area (Å²) in [6.07, 6.45) is 0. The van der Waals surface area contributed by atoms with Gasteiger partial charge in [-0.25, -0.2) is 0 Å². The molecule has 0 N–H and O–H groups in total. The van der Waals surface area contributed by atoms with E-state index in [0.717, 1.165) is 0 Å². The first-order valence-electron chi connectivity index (χ1n) is 0.570. The van der Waals surface area contributed by atoms with Crippen LogP contribution in [-0.4, -0.2) is 0 Å². The molecule has 0 spiro atoms. The van der Waals surface area contributed by atoms with Crippen molar-refractivity contribution in [1.29, 1.82) is 0 Å². The standard InChI is InChI=1S/24Ag.5ClH.19H3P/h;;;;;;;;;;;;;;;;;;;;;;;;5*1H;19*1H3/q;;;;;;;;;;;;;;;;;;;5*+1;;;;;;;;;;;;;;;;;;;;;;;;/p-5. The average molecular weight is 3410 g/mol. The molecule has 0 aliphatic rings. The van der Waals surface area contributed by atoms with Crippen molar-refractivity contribution in [2.24, 2.45) is 0 Å². The molecule has 451 valence electrons. The summed E-state index contributed by atoms with van der Waals surface area (Å²) in [6, 6.07) is 0. The summed E-state index contributed by atoms with van der Waals surface area (Å²) in [4.78, 5) is 0. The van der Waals surface area contributed by atoms with Crippen LogP contribution in [0.1, 0.15) is 0 Å². The van der Waals surface area contributed by atoms with E-state index in [9.17, 15) is 0 Å². The molecule has 19 radical (unpaired) electrons. The van der Waals surface area contributed by atoms with Gasteiger partial charge in [0.25, 0.3) is 0 Å². The Morgan fingerprint density at radius 1 is 0.104 bits per heavy atom. The predicted molar refractivity (Wildman–Crippen MR) is 240 cm³/mol. The van der Waals surface area contributed by atoms with Crippen molar-refractivity contribution < 1.29 is 525 Å². The maximum absolute atomic E-state index is 4.45. The molecule has 0 saturated carbocycles. The molecule has 19 atom stereocenters. The third-order valence-electron chi connectivity index (χ3n) is 0. The van der Waals surface area contributed by atoms with E-state index in [1.165, 1.54) is 0 Å². The third kappa shape index (κ3) is 513. The van der Waals surface area contributed by atoms with Crippen LogP contribution in [0.25, 0.3) is 0 Å². The third-order valence-corrected chi connectivity index (χ3v) is 0. The van der Waals surface area contributed by atoms with E-state index in [1.54, 1.807) is 0 Å². The second-order valence-electron chi connectivity index (χ2n) is 0. The fourth-order valence-corrected chi connectivity index (χ4v) is 0. The second-order valence-corrected chi connectivity index (χ2v) is 0. The van der Waals surface area contributed by atoms with E-state index in [-0.39, 0.29) is 613 Å². The van der Waals surface area contributed by atoms with Crippen LogP contribution < -0.4 is 0 Å². The van der Waals surface area contributed by atoms with Crippen LogP contribution in [0.2, 0.25) is 0 Å². The van der Waals surface area contributed by atoms with Gasteiger partial charge in [0.1, 0.15) is 0 Å². The van der Waals surface area contributed by atoms with Crippen LogP contribution >= 0.6 is 234 Å². The van der Waals surface area contributed by atoms with Crippen molar-refractivity contribution in [1.82, 2.24) is 0 Å². The molecule has 0 aromatic heterocycles. The van der Waals surface area contributed by atoms with Crippen molar-refractivity contribution in [2.75, 3.05) is 0 Å². The molecule has 48 heteroatoms. The van der Waals surface area contributed by atoms with Gasteiger partial charge in [-0.3, -0.25) is 0 Å². The fraction of sp³-hybridized carbons (Fsp3) is 0. The molecular formula is H57Ag24Cl5P19. The van der Waals surface area contributed by atoms with Crippen LogP contribution in [0.3, 0.4) is 0 Å². The Hall–Kier alpha value is 27.4. The predicted octanol–water partition coefficient (Wildman–Crippen LogP) is 4.49. The molecule has 0 amide bonds. The molecule has 0 aliphatic carbocycles. The first kappa shape index (κ1) is 398. The quantitative estimate of drug-likeness (QED) is 0.248. The Labute approximate surface area is 739 Å². The summed E-state index contributed by atoms with van der Waals surface area (Å²) in [6.45, 7) is 0. The van der Waals surface area contributed by atoms with Crippen molar-refractivity contribution in [3.05, 3.63) is 0 Å². The molecule has 0 aromatic rings. The van der Waals surface area contributed by atoms with E-state index >= 15 is 0 Å². The van der Waals surface area contributed by atoms with Crippen molar-refractivity contribution in [3.63, 3.8) is 0 Å². The van der Waals surface area contributed by atoms with Crippen LogP contribution in [-0.2, 0) is 525 Å². The topological polar surface area (TPSA) is 0 Å². The van der Waals surface area contributed by atoms with Gasteiger partial charge in [0.15, 0.2) is 0 Å². The van der Waals surface area contributed by atoms with Crippen LogP contribution in [0.5, 0.6) is 0 Å². The molecule has 0 aromatic carbocycles. The van der Waals surface area contributed by atoms with E-state index in [4.69, 9.17) is 0 Å². The molecule has 0 rings (SSSR count). The summed E-state index contributed by atoms with van der Waals surface area (Å²) in [7, 11) is 22.2. The molecule has 0 aliphatic heterocycles. The molecular weight excluding hydrogens is 3350 g/mol. The van der Waals surface area contributed by atoms with Crippen LogP contribution in [0.15, 0.2) is 0 Å². The molecule has 0 heterocycles. The minimum absolute atomic E-state index is 0. The maximum atomic E-state index is 4.45.